The molecule has 2 N–H and O–H groups in total. The Kier molecular flexibility index (Phi) is 6.13. The van der Waals surface area contributed by atoms with Crippen molar-refractivity contribution < 1.29 is 4.79 Å². The maximum absolute atomic E-state index is 12.1. The molecule has 0 radical (unpaired) electrons. The molecule has 2 amide bonds. The van der Waals surface area contributed by atoms with Crippen LogP contribution in [0.25, 0.3) is 0 Å². The van der Waals surface area contributed by atoms with Gasteiger partial charge in [0.15, 0.2) is 0 Å². The number of carbonyl (C=O) groups is 1. The van der Waals surface area contributed by atoms with Crippen molar-refractivity contribution in [2.24, 2.45) is 0 Å². The van der Waals surface area contributed by atoms with Crippen LogP contribution in [0.2, 0.25) is 10.0 Å². The molecular weight excluding hydrogens is 347 g/mol. The van der Waals surface area contributed by atoms with Gasteiger partial charge < -0.3 is 10.6 Å². The Hall–Kier alpha value is -1.72. The van der Waals surface area contributed by atoms with E-state index < -0.39 is 0 Å². The second kappa shape index (κ2) is 7.90. The molecule has 1 aromatic heterocycles. The van der Waals surface area contributed by atoms with Gasteiger partial charge in [-0.25, -0.2) is 4.79 Å². The van der Waals surface area contributed by atoms with Crippen LogP contribution in [0.4, 0.5) is 10.5 Å². The Morgan fingerprint density at radius 1 is 1.33 bits per heavy atom. The van der Waals surface area contributed by atoms with Gasteiger partial charge in [-0.05, 0) is 44.9 Å². The second-order valence-corrected chi connectivity index (χ2v) is 6.69. The molecular formula is C17H22Cl2N4O. The molecule has 0 saturated heterocycles. The molecule has 0 aliphatic rings. The van der Waals surface area contributed by atoms with E-state index in [0.717, 1.165) is 29.1 Å². The van der Waals surface area contributed by atoms with Crippen LogP contribution in [0.15, 0.2) is 18.2 Å². The first-order valence-corrected chi connectivity index (χ1v) is 8.62. The van der Waals surface area contributed by atoms with Gasteiger partial charge in [0, 0.05) is 16.1 Å². The molecule has 130 valence electrons. The minimum atomic E-state index is -0.223. The van der Waals surface area contributed by atoms with Crippen LogP contribution < -0.4 is 10.6 Å². The van der Waals surface area contributed by atoms with E-state index in [0.29, 0.717) is 16.6 Å². The third-order valence-electron chi connectivity index (χ3n) is 3.95. The van der Waals surface area contributed by atoms with Gasteiger partial charge in [-0.3, -0.25) is 4.68 Å². The van der Waals surface area contributed by atoms with Crippen molar-refractivity contribution >= 4 is 34.9 Å². The standard InChI is InChI=1S/C17H22Cl2N4O/c1-5-10(2)20-17(24)21-16-11(3)22-23(12(16)4)9-13-6-7-14(18)8-15(13)19/h6-8,10H,5,9H2,1-4H3,(H2,20,21,24)/t10-/m0/s1. The fraction of sp³-hybridized carbons (Fsp3) is 0.412. The number of hydrogen-bond donors (Lipinski definition) is 2. The molecule has 0 saturated carbocycles. The number of amides is 2. The van der Waals surface area contributed by atoms with E-state index in [1.165, 1.54) is 0 Å². The summed E-state index contributed by atoms with van der Waals surface area (Å²) in [5.74, 6) is 0. The lowest BCUT2D eigenvalue weighted by Crippen LogP contribution is -2.35. The lowest BCUT2D eigenvalue weighted by Gasteiger charge is -2.13. The Labute approximate surface area is 152 Å². The highest BCUT2D eigenvalue weighted by atomic mass is 35.5. The molecule has 1 heterocycles. The molecule has 5 nitrogen and oxygen atoms in total. The SMILES string of the molecule is CC[C@H](C)NC(=O)Nc1c(C)nn(Cc2ccc(Cl)cc2Cl)c1C. The molecule has 2 rings (SSSR count). The molecule has 1 atom stereocenters. The largest absolute Gasteiger partial charge is 0.335 e. The molecule has 24 heavy (non-hydrogen) atoms. The van der Waals surface area contributed by atoms with Crippen molar-refractivity contribution in [3.63, 3.8) is 0 Å². The lowest BCUT2D eigenvalue weighted by atomic mass is 10.2. The highest BCUT2D eigenvalue weighted by Crippen LogP contribution is 2.24. The minimum absolute atomic E-state index is 0.119. The number of nitrogens with zero attached hydrogens (tertiary/aromatic N) is 2. The number of halogens is 2. The number of hydrogen-bond acceptors (Lipinski definition) is 2. The minimum Gasteiger partial charge on any atom is -0.335 e. The number of aromatic nitrogens is 2. The molecule has 7 heteroatoms. The maximum atomic E-state index is 12.1. The number of anilines is 1. The van der Waals surface area contributed by atoms with E-state index in [2.05, 4.69) is 15.7 Å². The fourth-order valence-corrected chi connectivity index (χ4v) is 2.79. The molecule has 0 aliphatic carbocycles. The first kappa shape index (κ1) is 18.6. The van der Waals surface area contributed by atoms with Gasteiger partial charge in [0.2, 0.25) is 0 Å². The Morgan fingerprint density at radius 2 is 2.04 bits per heavy atom. The molecule has 0 spiro atoms. The average molecular weight is 369 g/mol. The summed E-state index contributed by atoms with van der Waals surface area (Å²) in [5, 5.41) is 11.5. The first-order chi connectivity index (χ1) is 11.3. The maximum Gasteiger partial charge on any atom is 0.319 e. The molecule has 0 aliphatic heterocycles. The predicted molar refractivity (Wildman–Crippen MR) is 99.2 cm³/mol. The molecule has 0 fully saturated rings. The number of benzene rings is 1. The summed E-state index contributed by atoms with van der Waals surface area (Å²) in [6, 6.07) is 5.29. The summed E-state index contributed by atoms with van der Waals surface area (Å²) >= 11 is 12.2. The van der Waals surface area contributed by atoms with Gasteiger partial charge in [0.05, 0.1) is 23.6 Å². The van der Waals surface area contributed by atoms with E-state index in [1.54, 1.807) is 12.1 Å². The van der Waals surface area contributed by atoms with Crippen molar-refractivity contribution in [1.29, 1.82) is 0 Å². The van der Waals surface area contributed by atoms with E-state index in [1.807, 2.05) is 38.4 Å². The van der Waals surface area contributed by atoms with Crippen molar-refractivity contribution in [1.82, 2.24) is 15.1 Å². The number of aryl methyl sites for hydroxylation is 1. The summed E-state index contributed by atoms with van der Waals surface area (Å²) in [7, 11) is 0. The molecule has 2 aromatic rings. The third kappa shape index (κ3) is 4.42. The van der Waals surface area contributed by atoms with E-state index in [-0.39, 0.29) is 12.1 Å². The Bertz CT molecular complexity index is 742. The summed E-state index contributed by atoms with van der Waals surface area (Å²) in [6.07, 6.45) is 0.875. The van der Waals surface area contributed by atoms with Gasteiger partial charge in [-0.1, -0.05) is 36.2 Å². The highest BCUT2D eigenvalue weighted by Gasteiger charge is 2.16. The monoisotopic (exact) mass is 368 g/mol. The predicted octanol–water partition coefficient (Wildman–Crippen LogP) is 4.78. The van der Waals surface area contributed by atoms with E-state index >= 15 is 0 Å². The van der Waals surface area contributed by atoms with Crippen LogP contribution >= 0.6 is 23.2 Å². The Balaban J connectivity index is 2.18. The zero-order valence-corrected chi connectivity index (χ0v) is 15.8. The van der Waals surface area contributed by atoms with Crippen molar-refractivity contribution in [3.05, 3.63) is 45.2 Å². The van der Waals surface area contributed by atoms with Crippen LogP contribution in [0, 0.1) is 13.8 Å². The zero-order valence-electron chi connectivity index (χ0n) is 14.3. The highest BCUT2D eigenvalue weighted by molar-refractivity contribution is 6.35. The molecule has 0 unspecified atom stereocenters. The van der Waals surface area contributed by atoms with Gasteiger partial charge in [0.1, 0.15) is 0 Å². The average Bonchev–Trinajstić information content (AvgIpc) is 2.77. The summed E-state index contributed by atoms with van der Waals surface area (Å²) in [6.45, 7) is 8.28. The fourth-order valence-electron chi connectivity index (χ4n) is 2.32. The van der Waals surface area contributed by atoms with Gasteiger partial charge in [0.25, 0.3) is 0 Å². The lowest BCUT2D eigenvalue weighted by molar-refractivity contribution is 0.249. The first-order valence-electron chi connectivity index (χ1n) is 7.87. The smallest absolute Gasteiger partial charge is 0.319 e. The van der Waals surface area contributed by atoms with Crippen LogP contribution in [0.1, 0.15) is 37.2 Å². The van der Waals surface area contributed by atoms with Gasteiger partial charge in [-0.15, -0.1) is 0 Å². The quantitative estimate of drug-likeness (QED) is 0.797. The Morgan fingerprint density at radius 3 is 2.67 bits per heavy atom. The van der Waals surface area contributed by atoms with Crippen molar-refractivity contribution in [3.8, 4) is 0 Å². The molecule has 0 bridgehead atoms. The van der Waals surface area contributed by atoms with Crippen molar-refractivity contribution in [2.75, 3.05) is 5.32 Å². The van der Waals surface area contributed by atoms with E-state index in [9.17, 15) is 4.79 Å². The third-order valence-corrected chi connectivity index (χ3v) is 4.53. The summed E-state index contributed by atoms with van der Waals surface area (Å²) in [4.78, 5) is 12.1. The van der Waals surface area contributed by atoms with Crippen LogP contribution in [0.3, 0.4) is 0 Å². The zero-order chi connectivity index (χ0) is 17.9. The van der Waals surface area contributed by atoms with Gasteiger partial charge >= 0.3 is 6.03 Å². The van der Waals surface area contributed by atoms with E-state index in [4.69, 9.17) is 23.2 Å². The number of carbonyl (C=O) groups excluding carboxylic acids is 1. The number of nitrogens with one attached hydrogen (secondary N) is 2. The normalized spacial score (nSPS) is 12.1. The molecule has 1 aromatic carbocycles. The van der Waals surface area contributed by atoms with Gasteiger partial charge in [-0.2, -0.15) is 5.10 Å². The number of rotatable bonds is 5. The van der Waals surface area contributed by atoms with Crippen LogP contribution in [0.5, 0.6) is 0 Å². The summed E-state index contributed by atoms with van der Waals surface area (Å²) in [5.41, 5.74) is 3.28. The van der Waals surface area contributed by atoms with Crippen LogP contribution in [-0.4, -0.2) is 21.9 Å². The van der Waals surface area contributed by atoms with Crippen molar-refractivity contribution in [2.45, 2.75) is 46.7 Å². The summed E-state index contributed by atoms with van der Waals surface area (Å²) < 4.78 is 1.82. The second-order valence-electron chi connectivity index (χ2n) is 5.85. The number of urea groups is 1. The topological polar surface area (TPSA) is 59.0 Å². The van der Waals surface area contributed by atoms with Crippen LogP contribution in [-0.2, 0) is 6.54 Å².